The van der Waals surface area contributed by atoms with Crippen LogP contribution in [0.5, 0.6) is 11.5 Å². The number of nitriles is 1. The Hall–Kier alpha value is -2.02. The maximum absolute atomic E-state index is 8.74. The van der Waals surface area contributed by atoms with E-state index in [0.717, 1.165) is 5.56 Å². The van der Waals surface area contributed by atoms with Crippen LogP contribution in [0.3, 0.4) is 0 Å². The molecule has 18 heavy (non-hydrogen) atoms. The van der Waals surface area contributed by atoms with E-state index in [1.807, 2.05) is 30.3 Å². The van der Waals surface area contributed by atoms with Crippen molar-refractivity contribution >= 4 is 11.6 Å². The zero-order valence-corrected chi connectivity index (χ0v) is 10.3. The van der Waals surface area contributed by atoms with Gasteiger partial charge in [-0.3, -0.25) is 0 Å². The Morgan fingerprint density at radius 3 is 2.44 bits per heavy atom. The maximum atomic E-state index is 8.74. The summed E-state index contributed by atoms with van der Waals surface area (Å²) in [6, 6.07) is 14.4. The average Bonchev–Trinajstić information content (AvgIpc) is 2.42. The fraction of sp³-hybridized carbons (Fsp3) is 0.0714. The van der Waals surface area contributed by atoms with Crippen molar-refractivity contribution in [3.8, 4) is 17.6 Å². The molecular formula is C14H11ClN2O. The largest absolute Gasteiger partial charge is 0.456 e. The number of rotatable bonds is 3. The smallest absolute Gasteiger partial charge is 0.146 e. The highest BCUT2D eigenvalue weighted by Crippen LogP contribution is 2.30. The molecule has 2 N–H and O–H groups in total. The Morgan fingerprint density at radius 2 is 1.89 bits per heavy atom. The average molecular weight is 259 g/mol. The van der Waals surface area contributed by atoms with Gasteiger partial charge in [0.25, 0.3) is 0 Å². The second kappa shape index (κ2) is 5.54. The summed E-state index contributed by atoms with van der Waals surface area (Å²) in [5.74, 6) is 1.20. The molecule has 2 rings (SSSR count). The van der Waals surface area contributed by atoms with Crippen molar-refractivity contribution in [1.29, 1.82) is 5.26 Å². The minimum Gasteiger partial charge on any atom is -0.456 e. The summed E-state index contributed by atoms with van der Waals surface area (Å²) in [6.45, 7) is 0.498. The van der Waals surface area contributed by atoms with E-state index in [4.69, 9.17) is 27.3 Å². The normalized spacial score (nSPS) is 9.83. The van der Waals surface area contributed by atoms with Crippen LogP contribution in [0.4, 0.5) is 0 Å². The molecule has 0 aliphatic rings. The van der Waals surface area contributed by atoms with E-state index in [1.165, 1.54) is 0 Å². The van der Waals surface area contributed by atoms with E-state index in [2.05, 4.69) is 0 Å². The molecule has 0 unspecified atom stereocenters. The highest BCUT2D eigenvalue weighted by molar-refractivity contribution is 6.32. The first kappa shape index (κ1) is 12.4. The topological polar surface area (TPSA) is 59.0 Å². The van der Waals surface area contributed by atoms with Gasteiger partial charge in [0.05, 0.1) is 16.7 Å². The predicted octanol–water partition coefficient (Wildman–Crippen LogP) is 3.46. The van der Waals surface area contributed by atoms with Gasteiger partial charge in [-0.15, -0.1) is 0 Å². The molecule has 0 fully saturated rings. The van der Waals surface area contributed by atoms with Crippen LogP contribution in [0.2, 0.25) is 5.02 Å². The minimum atomic E-state index is 0.414. The molecule has 0 aromatic heterocycles. The molecule has 0 spiro atoms. The number of hydrogen-bond acceptors (Lipinski definition) is 3. The van der Waals surface area contributed by atoms with Crippen molar-refractivity contribution in [3.05, 3.63) is 58.6 Å². The van der Waals surface area contributed by atoms with Crippen molar-refractivity contribution in [2.75, 3.05) is 0 Å². The van der Waals surface area contributed by atoms with Crippen molar-refractivity contribution in [2.45, 2.75) is 6.54 Å². The predicted molar refractivity (Wildman–Crippen MR) is 70.6 cm³/mol. The summed E-state index contributed by atoms with van der Waals surface area (Å²) in [5.41, 5.74) is 7.06. The van der Waals surface area contributed by atoms with Crippen LogP contribution < -0.4 is 10.5 Å². The lowest BCUT2D eigenvalue weighted by Gasteiger charge is -2.08. The number of hydrogen-bond donors (Lipinski definition) is 1. The molecule has 0 atom stereocenters. The Bertz CT molecular complexity index is 588. The van der Waals surface area contributed by atoms with Gasteiger partial charge in [-0.25, -0.2) is 0 Å². The third-order valence-corrected chi connectivity index (χ3v) is 2.74. The zero-order chi connectivity index (χ0) is 13.0. The molecule has 0 saturated carbocycles. The SMILES string of the molecule is N#Cc1ccc(Oc2ccc(CN)cc2)c(Cl)c1. The van der Waals surface area contributed by atoms with Gasteiger partial charge in [0.1, 0.15) is 11.5 Å². The van der Waals surface area contributed by atoms with Gasteiger partial charge in [-0.2, -0.15) is 5.26 Å². The molecule has 0 heterocycles. The lowest BCUT2D eigenvalue weighted by atomic mass is 10.2. The van der Waals surface area contributed by atoms with Crippen molar-refractivity contribution in [3.63, 3.8) is 0 Å². The molecule has 0 saturated heterocycles. The lowest BCUT2D eigenvalue weighted by molar-refractivity contribution is 0.482. The maximum Gasteiger partial charge on any atom is 0.146 e. The zero-order valence-electron chi connectivity index (χ0n) is 9.56. The Morgan fingerprint density at radius 1 is 1.17 bits per heavy atom. The molecule has 0 radical (unpaired) electrons. The Kier molecular flexibility index (Phi) is 3.83. The summed E-state index contributed by atoms with van der Waals surface area (Å²) in [7, 11) is 0. The standard InChI is InChI=1S/C14H11ClN2O/c15-13-7-11(9-17)3-6-14(13)18-12-4-1-10(8-16)2-5-12/h1-7H,8,16H2. The summed E-state index contributed by atoms with van der Waals surface area (Å²) >= 11 is 6.02. The quantitative estimate of drug-likeness (QED) is 0.917. The molecular weight excluding hydrogens is 248 g/mol. The van der Waals surface area contributed by atoms with Gasteiger partial charge >= 0.3 is 0 Å². The van der Waals surface area contributed by atoms with E-state index in [9.17, 15) is 0 Å². The van der Waals surface area contributed by atoms with Crippen molar-refractivity contribution in [2.24, 2.45) is 5.73 Å². The second-order valence-corrected chi connectivity index (χ2v) is 4.11. The molecule has 0 aliphatic heterocycles. The van der Waals surface area contributed by atoms with Crippen LogP contribution in [0, 0.1) is 11.3 Å². The Labute approximate surface area is 110 Å². The fourth-order valence-corrected chi connectivity index (χ4v) is 1.69. The summed E-state index contributed by atoms with van der Waals surface area (Å²) in [4.78, 5) is 0. The van der Waals surface area contributed by atoms with E-state index < -0.39 is 0 Å². The highest BCUT2D eigenvalue weighted by Gasteiger charge is 2.04. The molecule has 2 aromatic rings. The summed E-state index contributed by atoms with van der Waals surface area (Å²) < 4.78 is 5.63. The van der Waals surface area contributed by atoms with Crippen LogP contribution in [0.1, 0.15) is 11.1 Å². The van der Waals surface area contributed by atoms with Gasteiger partial charge in [0, 0.05) is 6.54 Å². The fourth-order valence-electron chi connectivity index (χ4n) is 1.47. The number of ether oxygens (including phenoxy) is 1. The number of nitrogens with zero attached hydrogens (tertiary/aromatic N) is 1. The van der Waals surface area contributed by atoms with Crippen molar-refractivity contribution < 1.29 is 4.74 Å². The third kappa shape index (κ3) is 2.80. The highest BCUT2D eigenvalue weighted by atomic mass is 35.5. The number of nitrogens with two attached hydrogens (primary N) is 1. The van der Waals surface area contributed by atoms with Gasteiger partial charge in [-0.1, -0.05) is 23.7 Å². The van der Waals surface area contributed by atoms with Crippen LogP contribution in [-0.2, 0) is 6.54 Å². The van der Waals surface area contributed by atoms with Crippen LogP contribution in [0.15, 0.2) is 42.5 Å². The minimum absolute atomic E-state index is 0.414. The van der Waals surface area contributed by atoms with Crippen LogP contribution in [0.25, 0.3) is 0 Å². The van der Waals surface area contributed by atoms with Crippen molar-refractivity contribution in [1.82, 2.24) is 0 Å². The molecule has 0 aliphatic carbocycles. The molecule has 0 amide bonds. The van der Waals surface area contributed by atoms with Crippen LogP contribution in [-0.4, -0.2) is 0 Å². The summed E-state index contributed by atoms with van der Waals surface area (Å²) in [5, 5.41) is 9.15. The number of halogens is 1. The van der Waals surface area contributed by atoms with E-state index >= 15 is 0 Å². The molecule has 4 heteroatoms. The van der Waals surface area contributed by atoms with E-state index in [0.29, 0.717) is 28.6 Å². The second-order valence-electron chi connectivity index (χ2n) is 3.71. The van der Waals surface area contributed by atoms with E-state index in [1.54, 1.807) is 18.2 Å². The first-order valence-electron chi connectivity index (χ1n) is 5.39. The first-order chi connectivity index (χ1) is 8.72. The van der Waals surface area contributed by atoms with Gasteiger partial charge in [-0.05, 0) is 35.9 Å². The third-order valence-electron chi connectivity index (χ3n) is 2.45. The number of benzene rings is 2. The molecule has 0 bridgehead atoms. The molecule has 90 valence electrons. The van der Waals surface area contributed by atoms with Gasteiger partial charge in [0.15, 0.2) is 0 Å². The van der Waals surface area contributed by atoms with E-state index in [-0.39, 0.29) is 0 Å². The monoisotopic (exact) mass is 258 g/mol. The molecule has 2 aromatic carbocycles. The van der Waals surface area contributed by atoms with Gasteiger partial charge in [0.2, 0.25) is 0 Å². The first-order valence-corrected chi connectivity index (χ1v) is 5.77. The summed E-state index contributed by atoms with van der Waals surface area (Å²) in [6.07, 6.45) is 0. The Balaban J connectivity index is 2.20. The molecule has 3 nitrogen and oxygen atoms in total. The van der Waals surface area contributed by atoms with Gasteiger partial charge < -0.3 is 10.5 Å². The van der Waals surface area contributed by atoms with Crippen LogP contribution >= 0.6 is 11.6 Å². The lowest BCUT2D eigenvalue weighted by Crippen LogP contribution is -1.95.